The zero-order valence-electron chi connectivity index (χ0n) is 12.1. The highest BCUT2D eigenvalue weighted by atomic mass is 16.7. The van der Waals surface area contributed by atoms with Crippen LogP contribution in [0.5, 0.6) is 0 Å². The van der Waals surface area contributed by atoms with E-state index in [1.54, 1.807) is 14.2 Å². The van der Waals surface area contributed by atoms with Crippen molar-refractivity contribution in [1.29, 1.82) is 0 Å². The van der Waals surface area contributed by atoms with Gasteiger partial charge in [0.1, 0.15) is 0 Å². The lowest BCUT2D eigenvalue weighted by Crippen LogP contribution is -2.39. The van der Waals surface area contributed by atoms with E-state index in [9.17, 15) is 0 Å². The van der Waals surface area contributed by atoms with Crippen molar-refractivity contribution in [3.63, 3.8) is 0 Å². The number of hydrogen-bond donors (Lipinski definition) is 1. The zero-order valence-corrected chi connectivity index (χ0v) is 12.1. The lowest BCUT2D eigenvalue weighted by Gasteiger charge is -2.22. The number of hydrogen-bond acceptors (Lipinski definition) is 5. The topological polar surface area (TPSA) is 51.6 Å². The Balaban J connectivity index is 2.58. The van der Waals surface area contributed by atoms with Gasteiger partial charge < -0.3 is 24.3 Å². The number of nitrogens with zero attached hydrogens (tertiary/aromatic N) is 3. The average molecular weight is 256 g/mol. The molecule has 0 aliphatic heterocycles. The van der Waals surface area contributed by atoms with E-state index in [0.717, 1.165) is 18.2 Å². The Morgan fingerprint density at radius 1 is 1.39 bits per heavy atom. The first-order chi connectivity index (χ1) is 8.51. The Hall–Kier alpha value is -1.11. The highest BCUT2D eigenvalue weighted by Gasteiger charge is 2.16. The van der Waals surface area contributed by atoms with Gasteiger partial charge in [-0.1, -0.05) is 0 Å². The summed E-state index contributed by atoms with van der Waals surface area (Å²) in [4.78, 5) is 6.35. The Bertz CT molecular complexity index is 361. The summed E-state index contributed by atoms with van der Waals surface area (Å²) in [5.74, 6) is 0.939. The number of ether oxygens (including phenoxy) is 2. The van der Waals surface area contributed by atoms with Crippen LogP contribution in [-0.4, -0.2) is 50.2 Å². The van der Waals surface area contributed by atoms with Crippen molar-refractivity contribution in [3.05, 3.63) is 11.9 Å². The molecule has 6 heteroatoms. The van der Waals surface area contributed by atoms with Crippen molar-refractivity contribution in [2.45, 2.75) is 25.8 Å². The van der Waals surface area contributed by atoms with Gasteiger partial charge in [0.2, 0.25) is 5.95 Å². The molecule has 0 saturated carbocycles. The molecule has 0 aromatic carbocycles. The summed E-state index contributed by atoms with van der Waals surface area (Å²) in [5, 5.41) is 3.36. The van der Waals surface area contributed by atoms with Crippen LogP contribution >= 0.6 is 0 Å². The molecular weight excluding hydrogens is 232 g/mol. The van der Waals surface area contributed by atoms with E-state index in [4.69, 9.17) is 9.47 Å². The molecule has 1 unspecified atom stereocenters. The van der Waals surface area contributed by atoms with Crippen molar-refractivity contribution in [2.24, 2.45) is 7.05 Å². The van der Waals surface area contributed by atoms with E-state index < -0.39 is 0 Å². The first kappa shape index (κ1) is 14.9. The van der Waals surface area contributed by atoms with E-state index in [2.05, 4.69) is 14.9 Å². The van der Waals surface area contributed by atoms with Crippen molar-refractivity contribution >= 4 is 5.95 Å². The molecule has 6 nitrogen and oxygen atoms in total. The standard InChI is InChI=1S/C12H24N4O2/c1-9(11(17-5)18-6)13-7-10-8-14-12(15(2)3)16(10)4/h8-9,11,13H,7H2,1-6H3. The van der Waals surface area contributed by atoms with Crippen LogP contribution in [0.2, 0.25) is 0 Å². The maximum atomic E-state index is 5.21. The summed E-state index contributed by atoms with van der Waals surface area (Å²) >= 11 is 0. The number of anilines is 1. The summed E-state index contributed by atoms with van der Waals surface area (Å²) < 4.78 is 12.5. The maximum absolute atomic E-state index is 5.21. The van der Waals surface area contributed by atoms with Crippen LogP contribution in [0.1, 0.15) is 12.6 Å². The summed E-state index contributed by atoms with van der Waals surface area (Å²) in [6, 6.07) is 0.109. The fourth-order valence-corrected chi connectivity index (χ4v) is 1.88. The van der Waals surface area contributed by atoms with Crippen LogP contribution in [0.3, 0.4) is 0 Å². The third-order valence-electron chi connectivity index (χ3n) is 2.94. The Labute approximate surface area is 109 Å². The van der Waals surface area contributed by atoms with Gasteiger partial charge in [-0.05, 0) is 6.92 Å². The van der Waals surface area contributed by atoms with Crippen molar-refractivity contribution < 1.29 is 9.47 Å². The second kappa shape index (κ2) is 6.72. The van der Waals surface area contributed by atoms with Crippen LogP contribution in [0, 0.1) is 0 Å². The quantitative estimate of drug-likeness (QED) is 0.723. The summed E-state index contributed by atoms with van der Waals surface area (Å²) in [7, 11) is 9.25. The number of nitrogens with one attached hydrogen (secondary N) is 1. The van der Waals surface area contributed by atoms with Gasteiger partial charge in [-0.15, -0.1) is 0 Å². The van der Waals surface area contributed by atoms with Gasteiger partial charge in [0.05, 0.1) is 17.9 Å². The molecule has 1 N–H and O–H groups in total. The monoisotopic (exact) mass is 256 g/mol. The fraction of sp³-hybridized carbons (Fsp3) is 0.750. The van der Waals surface area contributed by atoms with Gasteiger partial charge >= 0.3 is 0 Å². The van der Waals surface area contributed by atoms with E-state index >= 15 is 0 Å². The number of rotatable bonds is 7. The van der Waals surface area contributed by atoms with Crippen LogP contribution in [0.25, 0.3) is 0 Å². The second-order valence-electron chi connectivity index (χ2n) is 4.51. The molecule has 1 heterocycles. The number of aromatic nitrogens is 2. The molecule has 1 rings (SSSR count). The van der Waals surface area contributed by atoms with Crippen LogP contribution in [0.4, 0.5) is 5.95 Å². The molecule has 1 aromatic heterocycles. The van der Waals surface area contributed by atoms with E-state index in [0.29, 0.717) is 0 Å². The smallest absolute Gasteiger partial charge is 0.204 e. The minimum absolute atomic E-state index is 0.109. The van der Waals surface area contributed by atoms with Crippen molar-refractivity contribution in [3.8, 4) is 0 Å². The van der Waals surface area contributed by atoms with E-state index in [-0.39, 0.29) is 12.3 Å². The molecule has 1 aromatic rings. The largest absolute Gasteiger partial charge is 0.354 e. The Kier molecular flexibility index (Phi) is 5.58. The molecule has 0 fully saturated rings. The second-order valence-corrected chi connectivity index (χ2v) is 4.51. The van der Waals surface area contributed by atoms with Gasteiger partial charge in [0.15, 0.2) is 6.29 Å². The number of imidazole rings is 1. The minimum atomic E-state index is -0.244. The van der Waals surface area contributed by atoms with Crippen molar-refractivity contribution in [1.82, 2.24) is 14.9 Å². The fourth-order valence-electron chi connectivity index (χ4n) is 1.88. The van der Waals surface area contributed by atoms with Crippen molar-refractivity contribution in [2.75, 3.05) is 33.2 Å². The number of methoxy groups -OCH3 is 2. The van der Waals surface area contributed by atoms with Gasteiger partial charge in [-0.3, -0.25) is 0 Å². The summed E-state index contributed by atoms with van der Waals surface area (Å²) in [5.41, 5.74) is 1.12. The summed E-state index contributed by atoms with van der Waals surface area (Å²) in [6.07, 6.45) is 1.63. The van der Waals surface area contributed by atoms with Gasteiger partial charge in [0, 0.05) is 41.9 Å². The van der Waals surface area contributed by atoms with Crippen LogP contribution in [0.15, 0.2) is 6.20 Å². The third kappa shape index (κ3) is 3.44. The maximum Gasteiger partial charge on any atom is 0.204 e. The molecular formula is C12H24N4O2. The Morgan fingerprint density at radius 3 is 2.44 bits per heavy atom. The molecule has 0 radical (unpaired) electrons. The van der Waals surface area contributed by atoms with Gasteiger partial charge in [-0.25, -0.2) is 4.98 Å². The molecule has 0 aliphatic rings. The molecule has 0 aliphatic carbocycles. The average Bonchev–Trinajstić information content (AvgIpc) is 2.69. The van der Waals surface area contributed by atoms with E-state index in [1.807, 2.05) is 39.2 Å². The van der Waals surface area contributed by atoms with Crippen LogP contribution in [-0.2, 0) is 23.1 Å². The van der Waals surface area contributed by atoms with Gasteiger partial charge in [0.25, 0.3) is 0 Å². The molecule has 0 spiro atoms. The van der Waals surface area contributed by atoms with Gasteiger partial charge in [-0.2, -0.15) is 0 Å². The SMILES string of the molecule is COC(OC)C(C)NCc1cnc(N(C)C)n1C. The first-order valence-corrected chi connectivity index (χ1v) is 5.98. The highest BCUT2D eigenvalue weighted by Crippen LogP contribution is 2.11. The molecule has 0 bridgehead atoms. The molecule has 104 valence electrons. The summed E-state index contributed by atoms with van der Waals surface area (Å²) in [6.45, 7) is 2.75. The predicted octanol–water partition coefficient (Wildman–Crippen LogP) is 0.583. The highest BCUT2D eigenvalue weighted by molar-refractivity contribution is 5.30. The molecule has 1 atom stereocenters. The lowest BCUT2D eigenvalue weighted by molar-refractivity contribution is -0.119. The Morgan fingerprint density at radius 2 is 2.00 bits per heavy atom. The minimum Gasteiger partial charge on any atom is -0.354 e. The molecule has 18 heavy (non-hydrogen) atoms. The normalized spacial score (nSPS) is 13.1. The molecule has 0 saturated heterocycles. The first-order valence-electron chi connectivity index (χ1n) is 5.98. The predicted molar refractivity (Wildman–Crippen MR) is 71.6 cm³/mol. The third-order valence-corrected chi connectivity index (χ3v) is 2.94. The van der Waals surface area contributed by atoms with Crippen LogP contribution < -0.4 is 10.2 Å². The zero-order chi connectivity index (χ0) is 13.7. The molecule has 0 amide bonds. The van der Waals surface area contributed by atoms with E-state index in [1.165, 1.54) is 0 Å². The lowest BCUT2D eigenvalue weighted by atomic mass is 10.3.